The summed E-state index contributed by atoms with van der Waals surface area (Å²) in [5, 5.41) is 3.21. The van der Waals surface area contributed by atoms with E-state index in [4.69, 9.17) is 4.74 Å². The van der Waals surface area contributed by atoms with E-state index in [2.05, 4.69) is 5.32 Å². The predicted octanol–water partition coefficient (Wildman–Crippen LogP) is 2.62. The Morgan fingerprint density at radius 2 is 2.12 bits per heavy atom. The van der Waals surface area contributed by atoms with E-state index < -0.39 is 11.6 Å². The van der Waals surface area contributed by atoms with Gasteiger partial charge in [0.1, 0.15) is 0 Å². The van der Waals surface area contributed by atoms with Crippen LogP contribution in [-0.2, 0) is 11.3 Å². The first-order valence-corrected chi connectivity index (χ1v) is 5.98. The molecule has 1 fully saturated rings. The van der Waals surface area contributed by atoms with Gasteiger partial charge in [0.05, 0.1) is 6.10 Å². The average molecular weight is 241 g/mol. The highest BCUT2D eigenvalue weighted by Gasteiger charge is 2.29. The standard InChI is InChI=1S/C13H17F2NO/c1-2-17-11-6-10(7-11)16-8-9-4-3-5-12(14)13(9)15/h3-5,10-11,16H,2,6-8H2,1H3. The lowest BCUT2D eigenvalue weighted by molar-refractivity contribution is -0.0102. The zero-order chi connectivity index (χ0) is 12.3. The van der Waals surface area contributed by atoms with Crippen molar-refractivity contribution in [2.45, 2.75) is 38.5 Å². The minimum absolute atomic E-state index is 0.329. The highest BCUT2D eigenvalue weighted by atomic mass is 19.2. The van der Waals surface area contributed by atoms with Gasteiger partial charge in [0.15, 0.2) is 11.6 Å². The van der Waals surface area contributed by atoms with E-state index in [0.29, 0.717) is 24.3 Å². The summed E-state index contributed by atoms with van der Waals surface area (Å²) in [6.07, 6.45) is 2.23. The maximum absolute atomic E-state index is 13.3. The van der Waals surface area contributed by atoms with Crippen molar-refractivity contribution in [1.82, 2.24) is 5.32 Å². The fraction of sp³-hybridized carbons (Fsp3) is 0.538. The van der Waals surface area contributed by atoms with Crippen LogP contribution >= 0.6 is 0 Å². The average Bonchev–Trinajstić information content (AvgIpc) is 2.26. The normalized spacial score (nSPS) is 23.5. The fourth-order valence-electron chi connectivity index (χ4n) is 2.04. The van der Waals surface area contributed by atoms with Gasteiger partial charge in [-0.25, -0.2) is 8.78 Å². The molecule has 0 amide bonds. The Labute approximate surface area is 100.0 Å². The summed E-state index contributed by atoms with van der Waals surface area (Å²) in [6, 6.07) is 4.62. The number of hydrogen-bond acceptors (Lipinski definition) is 2. The van der Waals surface area contributed by atoms with Gasteiger partial charge in [-0.1, -0.05) is 12.1 Å². The zero-order valence-corrected chi connectivity index (χ0v) is 9.88. The van der Waals surface area contributed by atoms with Crippen LogP contribution in [0.15, 0.2) is 18.2 Å². The van der Waals surface area contributed by atoms with Crippen molar-refractivity contribution in [3.05, 3.63) is 35.4 Å². The number of ether oxygens (including phenoxy) is 1. The van der Waals surface area contributed by atoms with Crippen LogP contribution in [0.4, 0.5) is 8.78 Å². The first-order valence-electron chi connectivity index (χ1n) is 5.98. The van der Waals surface area contributed by atoms with Crippen LogP contribution in [0, 0.1) is 11.6 Å². The molecule has 0 saturated heterocycles. The molecule has 2 rings (SSSR count). The van der Waals surface area contributed by atoms with Gasteiger partial charge in [0.25, 0.3) is 0 Å². The maximum atomic E-state index is 13.3. The highest BCUT2D eigenvalue weighted by Crippen LogP contribution is 2.23. The fourth-order valence-corrected chi connectivity index (χ4v) is 2.04. The minimum Gasteiger partial charge on any atom is -0.378 e. The molecule has 0 unspecified atom stereocenters. The van der Waals surface area contributed by atoms with Crippen LogP contribution in [0.1, 0.15) is 25.3 Å². The summed E-state index contributed by atoms with van der Waals surface area (Å²) in [7, 11) is 0. The Bertz CT molecular complexity index is 378. The van der Waals surface area contributed by atoms with Gasteiger partial charge in [-0.15, -0.1) is 0 Å². The summed E-state index contributed by atoms with van der Waals surface area (Å²) in [5.74, 6) is -1.54. The van der Waals surface area contributed by atoms with Crippen LogP contribution in [0.25, 0.3) is 0 Å². The number of rotatable bonds is 5. The van der Waals surface area contributed by atoms with Gasteiger partial charge < -0.3 is 10.1 Å². The lowest BCUT2D eigenvalue weighted by Gasteiger charge is -2.35. The molecule has 0 radical (unpaired) electrons. The summed E-state index contributed by atoms with van der Waals surface area (Å²) < 4.78 is 31.7. The van der Waals surface area contributed by atoms with Gasteiger partial charge in [-0.05, 0) is 25.8 Å². The Morgan fingerprint density at radius 3 is 2.82 bits per heavy atom. The highest BCUT2D eigenvalue weighted by molar-refractivity contribution is 5.18. The maximum Gasteiger partial charge on any atom is 0.163 e. The van der Waals surface area contributed by atoms with Crippen molar-refractivity contribution < 1.29 is 13.5 Å². The number of halogens is 2. The Balaban J connectivity index is 1.78. The minimum atomic E-state index is -0.787. The van der Waals surface area contributed by atoms with Crippen LogP contribution in [0.5, 0.6) is 0 Å². The molecule has 0 heterocycles. The second-order valence-corrected chi connectivity index (χ2v) is 4.34. The first-order chi connectivity index (χ1) is 8.20. The van der Waals surface area contributed by atoms with Crippen LogP contribution in [-0.4, -0.2) is 18.8 Å². The summed E-state index contributed by atoms with van der Waals surface area (Å²) in [6.45, 7) is 3.08. The van der Waals surface area contributed by atoms with E-state index in [1.54, 1.807) is 6.07 Å². The molecule has 1 aliphatic rings. The number of nitrogens with one attached hydrogen (secondary N) is 1. The third-order valence-electron chi connectivity index (χ3n) is 3.11. The van der Waals surface area contributed by atoms with Gasteiger partial charge in [-0.2, -0.15) is 0 Å². The van der Waals surface area contributed by atoms with E-state index in [-0.39, 0.29) is 0 Å². The summed E-state index contributed by atoms with van der Waals surface area (Å²) in [4.78, 5) is 0. The van der Waals surface area contributed by atoms with E-state index in [1.165, 1.54) is 6.07 Å². The molecule has 0 spiro atoms. The molecule has 94 valence electrons. The van der Waals surface area contributed by atoms with Gasteiger partial charge in [-0.3, -0.25) is 0 Å². The molecule has 0 aliphatic heterocycles. The smallest absolute Gasteiger partial charge is 0.163 e. The lowest BCUT2D eigenvalue weighted by atomic mass is 9.89. The van der Waals surface area contributed by atoms with Crippen molar-refractivity contribution in [2.75, 3.05) is 6.61 Å². The van der Waals surface area contributed by atoms with Crippen LogP contribution in [0.2, 0.25) is 0 Å². The molecule has 0 atom stereocenters. The largest absolute Gasteiger partial charge is 0.378 e. The SMILES string of the molecule is CCOC1CC(NCc2cccc(F)c2F)C1. The summed E-state index contributed by atoms with van der Waals surface area (Å²) in [5.41, 5.74) is 0.379. The molecule has 0 aromatic heterocycles. The van der Waals surface area contributed by atoms with E-state index in [0.717, 1.165) is 25.5 Å². The van der Waals surface area contributed by atoms with Gasteiger partial charge in [0.2, 0.25) is 0 Å². The quantitative estimate of drug-likeness (QED) is 0.855. The van der Waals surface area contributed by atoms with Crippen molar-refractivity contribution in [2.24, 2.45) is 0 Å². The molecule has 4 heteroatoms. The monoisotopic (exact) mass is 241 g/mol. The van der Waals surface area contributed by atoms with Crippen molar-refractivity contribution in [1.29, 1.82) is 0 Å². The number of hydrogen-bond donors (Lipinski definition) is 1. The second kappa shape index (κ2) is 5.56. The van der Waals surface area contributed by atoms with Crippen molar-refractivity contribution >= 4 is 0 Å². The van der Waals surface area contributed by atoms with E-state index >= 15 is 0 Å². The third kappa shape index (κ3) is 3.01. The van der Waals surface area contributed by atoms with E-state index in [1.807, 2.05) is 6.92 Å². The lowest BCUT2D eigenvalue weighted by Crippen LogP contribution is -2.45. The zero-order valence-electron chi connectivity index (χ0n) is 9.88. The second-order valence-electron chi connectivity index (χ2n) is 4.34. The summed E-state index contributed by atoms with van der Waals surface area (Å²) >= 11 is 0. The van der Waals surface area contributed by atoms with Crippen LogP contribution in [0.3, 0.4) is 0 Å². The van der Waals surface area contributed by atoms with Crippen LogP contribution < -0.4 is 5.32 Å². The Kier molecular flexibility index (Phi) is 4.07. The Morgan fingerprint density at radius 1 is 1.35 bits per heavy atom. The molecule has 2 nitrogen and oxygen atoms in total. The predicted molar refractivity (Wildman–Crippen MR) is 61.6 cm³/mol. The van der Waals surface area contributed by atoms with Gasteiger partial charge in [0, 0.05) is 24.8 Å². The molecule has 1 N–H and O–H groups in total. The molecule has 17 heavy (non-hydrogen) atoms. The third-order valence-corrected chi connectivity index (χ3v) is 3.11. The Hall–Kier alpha value is -1.00. The first kappa shape index (κ1) is 12.5. The molecular formula is C13H17F2NO. The molecule has 1 saturated carbocycles. The molecule has 1 aromatic carbocycles. The molecule has 1 aliphatic carbocycles. The molecular weight excluding hydrogens is 224 g/mol. The molecule has 1 aromatic rings. The topological polar surface area (TPSA) is 21.3 Å². The number of benzene rings is 1. The molecule has 0 bridgehead atoms. The van der Waals surface area contributed by atoms with E-state index in [9.17, 15) is 8.78 Å². The van der Waals surface area contributed by atoms with Crippen molar-refractivity contribution in [3.8, 4) is 0 Å². The van der Waals surface area contributed by atoms with Gasteiger partial charge >= 0.3 is 0 Å². The van der Waals surface area contributed by atoms with Crippen molar-refractivity contribution in [3.63, 3.8) is 0 Å².